The molecule has 2 aliphatic heterocycles. The second-order valence-corrected chi connectivity index (χ2v) is 9.17. The maximum Gasteiger partial charge on any atom is 0.336 e. The van der Waals surface area contributed by atoms with E-state index in [1.165, 1.54) is 0 Å². The minimum absolute atomic E-state index is 0.00179. The summed E-state index contributed by atoms with van der Waals surface area (Å²) in [6.07, 6.45) is 4.56. The fourth-order valence-corrected chi connectivity index (χ4v) is 5.24. The van der Waals surface area contributed by atoms with Gasteiger partial charge in [-0.05, 0) is 62.5 Å². The van der Waals surface area contributed by atoms with Gasteiger partial charge in [-0.1, -0.05) is 13.0 Å². The van der Waals surface area contributed by atoms with Crippen molar-refractivity contribution in [3.8, 4) is 5.75 Å². The molecule has 3 heterocycles. The number of hydrogen-bond acceptors (Lipinski definition) is 5. The topological polar surface area (TPSA) is 103 Å². The van der Waals surface area contributed by atoms with E-state index in [4.69, 9.17) is 14.6 Å². The fourth-order valence-electron chi connectivity index (χ4n) is 5.24. The van der Waals surface area contributed by atoms with Crippen LogP contribution in [0.2, 0.25) is 0 Å². The van der Waals surface area contributed by atoms with Gasteiger partial charge in [0.2, 0.25) is 0 Å². The highest BCUT2D eigenvalue weighted by Crippen LogP contribution is 2.37. The number of aryl methyl sites for hydroxylation is 3. The predicted molar refractivity (Wildman–Crippen MR) is 123 cm³/mol. The van der Waals surface area contributed by atoms with Gasteiger partial charge in [-0.2, -0.15) is 5.10 Å². The third-order valence-corrected chi connectivity index (χ3v) is 7.10. The van der Waals surface area contributed by atoms with Crippen LogP contribution in [0.4, 0.5) is 0 Å². The molecule has 0 saturated carbocycles. The van der Waals surface area contributed by atoms with Gasteiger partial charge in [0.25, 0.3) is 5.91 Å². The number of ether oxygens (including phenoxy) is 2. The molecule has 0 bridgehead atoms. The van der Waals surface area contributed by atoms with Gasteiger partial charge in [-0.25, -0.2) is 4.79 Å². The van der Waals surface area contributed by atoms with Crippen LogP contribution in [0.15, 0.2) is 12.1 Å². The SMILES string of the molecule is CCc1nn(CCCc2c(C(=O)O)ccc(C)c2OC)c2c1C(=O)NCC1(CCOCC1)C2. The molecule has 8 nitrogen and oxygen atoms in total. The molecule has 1 amide bonds. The molecule has 1 fully saturated rings. The predicted octanol–water partition coefficient (Wildman–Crippen LogP) is 3.18. The smallest absolute Gasteiger partial charge is 0.336 e. The van der Waals surface area contributed by atoms with Gasteiger partial charge < -0.3 is 19.9 Å². The van der Waals surface area contributed by atoms with Crippen LogP contribution >= 0.6 is 0 Å². The molecule has 0 radical (unpaired) electrons. The van der Waals surface area contributed by atoms with E-state index in [0.717, 1.165) is 41.8 Å². The van der Waals surface area contributed by atoms with Crippen molar-refractivity contribution in [1.29, 1.82) is 0 Å². The first kappa shape index (κ1) is 23.3. The number of aromatic nitrogens is 2. The highest BCUT2D eigenvalue weighted by atomic mass is 16.5. The highest BCUT2D eigenvalue weighted by Gasteiger charge is 2.39. The first-order chi connectivity index (χ1) is 15.9. The van der Waals surface area contributed by atoms with Crippen LogP contribution in [-0.2, 0) is 30.5 Å². The number of carbonyl (C=O) groups is 2. The zero-order valence-corrected chi connectivity index (χ0v) is 19.7. The Kier molecular flexibility index (Phi) is 6.74. The number of carboxylic acids is 1. The summed E-state index contributed by atoms with van der Waals surface area (Å²) in [6.45, 7) is 6.64. The molecule has 178 valence electrons. The second kappa shape index (κ2) is 9.55. The number of nitrogens with one attached hydrogen (secondary N) is 1. The Morgan fingerprint density at radius 2 is 2.09 bits per heavy atom. The molecule has 0 atom stereocenters. The molecule has 8 heteroatoms. The average molecular weight is 456 g/mol. The normalized spacial score (nSPS) is 17.4. The highest BCUT2D eigenvalue weighted by molar-refractivity contribution is 5.97. The molecule has 1 saturated heterocycles. The molecule has 4 rings (SSSR count). The number of hydrogen-bond donors (Lipinski definition) is 2. The van der Waals surface area contributed by atoms with Crippen molar-refractivity contribution >= 4 is 11.9 Å². The van der Waals surface area contributed by atoms with Gasteiger partial charge in [-0.15, -0.1) is 0 Å². The molecule has 2 aliphatic rings. The van der Waals surface area contributed by atoms with Crippen molar-refractivity contribution in [2.75, 3.05) is 26.9 Å². The average Bonchev–Trinajstić information content (AvgIpc) is 3.08. The lowest BCUT2D eigenvalue weighted by Gasteiger charge is -2.36. The summed E-state index contributed by atoms with van der Waals surface area (Å²) in [5, 5.41) is 17.6. The minimum Gasteiger partial charge on any atom is -0.496 e. The number of aromatic carboxylic acids is 1. The molecule has 33 heavy (non-hydrogen) atoms. The number of methoxy groups -OCH3 is 1. The lowest BCUT2D eigenvalue weighted by Crippen LogP contribution is -2.40. The number of carbonyl (C=O) groups excluding carboxylic acids is 1. The summed E-state index contributed by atoms with van der Waals surface area (Å²) < 4.78 is 13.1. The van der Waals surface area contributed by atoms with Crippen molar-refractivity contribution in [3.05, 3.63) is 45.8 Å². The van der Waals surface area contributed by atoms with Crippen molar-refractivity contribution in [2.45, 2.75) is 58.9 Å². The van der Waals surface area contributed by atoms with E-state index in [2.05, 4.69) is 5.32 Å². The van der Waals surface area contributed by atoms with Crippen molar-refractivity contribution < 1.29 is 24.2 Å². The van der Waals surface area contributed by atoms with Crippen LogP contribution in [-0.4, -0.2) is 53.6 Å². The van der Waals surface area contributed by atoms with E-state index in [9.17, 15) is 14.7 Å². The fraction of sp³-hybridized carbons (Fsp3) is 0.560. The summed E-state index contributed by atoms with van der Waals surface area (Å²) in [4.78, 5) is 24.8. The van der Waals surface area contributed by atoms with Gasteiger partial charge in [0.15, 0.2) is 0 Å². The third-order valence-electron chi connectivity index (χ3n) is 7.10. The first-order valence-corrected chi connectivity index (χ1v) is 11.7. The molecule has 1 aromatic carbocycles. The molecule has 0 unspecified atom stereocenters. The van der Waals surface area contributed by atoms with E-state index in [0.29, 0.717) is 56.9 Å². The maximum atomic E-state index is 13.0. The second-order valence-electron chi connectivity index (χ2n) is 9.17. The summed E-state index contributed by atoms with van der Waals surface area (Å²) in [7, 11) is 1.57. The lowest BCUT2D eigenvalue weighted by atomic mass is 9.76. The number of fused-ring (bicyclic) bond motifs is 1. The first-order valence-electron chi connectivity index (χ1n) is 11.7. The van der Waals surface area contributed by atoms with Gasteiger partial charge in [0.1, 0.15) is 5.75 Å². The number of carboxylic acid groups (broad SMARTS) is 1. The van der Waals surface area contributed by atoms with Crippen LogP contribution in [0.3, 0.4) is 0 Å². The van der Waals surface area contributed by atoms with Gasteiger partial charge in [0, 0.05) is 31.9 Å². The Labute approximate surface area is 194 Å². The van der Waals surface area contributed by atoms with E-state index in [1.54, 1.807) is 19.2 Å². The molecular weight excluding hydrogens is 422 g/mol. The summed E-state index contributed by atoms with van der Waals surface area (Å²) in [5.74, 6) is -0.364. The van der Waals surface area contributed by atoms with Crippen molar-refractivity contribution in [3.63, 3.8) is 0 Å². The third kappa shape index (κ3) is 4.49. The van der Waals surface area contributed by atoms with Gasteiger partial charge >= 0.3 is 5.97 Å². The molecule has 1 spiro atoms. The maximum absolute atomic E-state index is 13.0. The Morgan fingerprint density at radius 3 is 2.76 bits per heavy atom. The van der Waals surface area contributed by atoms with E-state index in [-0.39, 0.29) is 16.9 Å². The zero-order valence-electron chi connectivity index (χ0n) is 19.7. The Hall–Kier alpha value is -2.87. The van der Waals surface area contributed by atoms with E-state index >= 15 is 0 Å². The van der Waals surface area contributed by atoms with Crippen LogP contribution in [0.25, 0.3) is 0 Å². The van der Waals surface area contributed by atoms with Gasteiger partial charge in [0.05, 0.1) is 29.6 Å². The lowest BCUT2D eigenvalue weighted by molar-refractivity contribution is 0.0152. The van der Waals surface area contributed by atoms with E-state index in [1.807, 2.05) is 18.5 Å². The molecule has 0 aliphatic carbocycles. The molecule has 2 aromatic rings. The van der Waals surface area contributed by atoms with E-state index < -0.39 is 5.97 Å². The van der Waals surface area contributed by atoms with Gasteiger partial charge in [-0.3, -0.25) is 9.48 Å². The quantitative estimate of drug-likeness (QED) is 0.665. The number of benzene rings is 1. The molecule has 2 N–H and O–H groups in total. The summed E-state index contributed by atoms with van der Waals surface area (Å²) in [5.41, 5.74) is 4.43. The molecular formula is C25H33N3O5. The number of amides is 1. The number of rotatable bonds is 7. The minimum atomic E-state index is -0.956. The number of nitrogens with zero attached hydrogens (tertiary/aromatic N) is 2. The standard InChI is InChI=1S/C25H33N3O5/c1-4-19-21-20(14-25(15-26-23(21)29)9-12-33-13-10-25)28(27-19)11-5-6-17-18(24(30)31)8-7-16(2)22(17)32-3/h7-8H,4-6,9-15H2,1-3H3,(H,26,29)(H,30,31). The van der Waals surface area contributed by atoms with Crippen LogP contribution in [0, 0.1) is 12.3 Å². The van der Waals surface area contributed by atoms with Crippen LogP contribution in [0.1, 0.15) is 69.4 Å². The Morgan fingerprint density at radius 1 is 1.33 bits per heavy atom. The van der Waals surface area contributed by atoms with Crippen molar-refractivity contribution in [2.24, 2.45) is 5.41 Å². The van der Waals surface area contributed by atoms with Crippen LogP contribution < -0.4 is 10.1 Å². The monoisotopic (exact) mass is 455 g/mol. The molecule has 1 aromatic heterocycles. The van der Waals surface area contributed by atoms with Crippen molar-refractivity contribution in [1.82, 2.24) is 15.1 Å². The largest absolute Gasteiger partial charge is 0.496 e. The summed E-state index contributed by atoms with van der Waals surface area (Å²) >= 11 is 0. The Balaban J connectivity index is 1.61. The Bertz CT molecular complexity index is 1050. The van der Waals surface area contributed by atoms with Crippen LogP contribution in [0.5, 0.6) is 5.75 Å². The zero-order chi connectivity index (χ0) is 23.6. The summed E-state index contributed by atoms with van der Waals surface area (Å²) in [6, 6.07) is 3.42.